The first-order valence-corrected chi connectivity index (χ1v) is 10.2. The molecule has 2 rings (SSSR count). The maximum absolute atomic E-state index is 12.3. The molecule has 1 fully saturated rings. The summed E-state index contributed by atoms with van der Waals surface area (Å²) in [5.74, 6) is -0.428. The summed E-state index contributed by atoms with van der Waals surface area (Å²) in [6, 6.07) is 3.25. The zero-order chi connectivity index (χ0) is 17.2. The molecule has 23 heavy (non-hydrogen) atoms. The molecule has 0 bridgehead atoms. The number of aryl methyl sites for hydroxylation is 1. The van der Waals surface area contributed by atoms with Gasteiger partial charge < -0.3 is 5.11 Å². The van der Waals surface area contributed by atoms with E-state index in [1.807, 2.05) is 13.0 Å². The van der Waals surface area contributed by atoms with Crippen molar-refractivity contribution in [3.05, 3.63) is 28.8 Å². The first-order chi connectivity index (χ1) is 10.8. The molecule has 0 saturated heterocycles. The fourth-order valence-electron chi connectivity index (χ4n) is 3.71. The third-order valence-electron chi connectivity index (χ3n) is 4.90. The largest absolute Gasteiger partial charge is 0.478 e. The Hall–Kier alpha value is -1.36. The molecule has 128 valence electrons. The molecule has 1 aromatic carbocycles. The van der Waals surface area contributed by atoms with Crippen LogP contribution in [0.15, 0.2) is 17.0 Å². The Bertz CT molecular complexity index is 691. The first kappa shape index (κ1) is 18.0. The minimum absolute atomic E-state index is 0.125. The molecule has 0 aromatic heterocycles. The summed E-state index contributed by atoms with van der Waals surface area (Å²) in [5.41, 5.74) is 1.70. The average Bonchev–Trinajstić information content (AvgIpc) is 2.46. The third-order valence-corrected chi connectivity index (χ3v) is 6.05. The number of sulfone groups is 1. The predicted molar refractivity (Wildman–Crippen MR) is 90.9 cm³/mol. The Morgan fingerprint density at radius 2 is 1.91 bits per heavy atom. The molecule has 0 aliphatic heterocycles. The zero-order valence-corrected chi connectivity index (χ0v) is 14.9. The summed E-state index contributed by atoms with van der Waals surface area (Å²) >= 11 is 0. The molecular weight excluding hydrogens is 312 g/mol. The number of carbonyl (C=O) groups is 1. The van der Waals surface area contributed by atoms with Crippen LogP contribution in [0.1, 0.15) is 73.4 Å². The van der Waals surface area contributed by atoms with Crippen molar-refractivity contribution >= 4 is 15.8 Å². The van der Waals surface area contributed by atoms with Crippen LogP contribution in [0.5, 0.6) is 0 Å². The molecule has 5 heteroatoms. The molecule has 1 aliphatic rings. The van der Waals surface area contributed by atoms with Gasteiger partial charge >= 0.3 is 5.97 Å². The summed E-state index contributed by atoms with van der Waals surface area (Å²) in [6.07, 6.45) is 7.00. The van der Waals surface area contributed by atoms with Gasteiger partial charge in [-0.2, -0.15) is 0 Å². The second-order valence-electron chi connectivity index (χ2n) is 6.74. The number of benzene rings is 1. The van der Waals surface area contributed by atoms with Crippen molar-refractivity contribution in [2.75, 3.05) is 6.26 Å². The number of carboxylic acid groups (broad SMARTS) is 1. The first-order valence-electron chi connectivity index (χ1n) is 8.35. The van der Waals surface area contributed by atoms with E-state index in [4.69, 9.17) is 0 Å². The van der Waals surface area contributed by atoms with Crippen LogP contribution in [0.2, 0.25) is 0 Å². The number of hydrogen-bond acceptors (Lipinski definition) is 3. The van der Waals surface area contributed by atoms with Crippen LogP contribution in [-0.2, 0) is 16.3 Å². The zero-order valence-electron chi connectivity index (χ0n) is 14.1. The highest BCUT2D eigenvalue weighted by Crippen LogP contribution is 2.41. The van der Waals surface area contributed by atoms with Crippen molar-refractivity contribution in [3.63, 3.8) is 0 Å². The summed E-state index contributed by atoms with van der Waals surface area (Å²) in [5, 5.41) is 9.44. The predicted octanol–water partition coefficient (Wildman–Crippen LogP) is 4.03. The Balaban J connectivity index is 2.67. The number of hydrogen-bond donors (Lipinski definition) is 1. The van der Waals surface area contributed by atoms with Crippen molar-refractivity contribution in [3.8, 4) is 0 Å². The van der Waals surface area contributed by atoms with E-state index in [9.17, 15) is 18.3 Å². The van der Waals surface area contributed by atoms with Crippen LogP contribution >= 0.6 is 0 Å². The molecule has 0 radical (unpaired) electrons. The summed E-state index contributed by atoms with van der Waals surface area (Å²) in [7, 11) is -3.46. The highest BCUT2D eigenvalue weighted by molar-refractivity contribution is 7.90. The molecule has 0 heterocycles. The van der Waals surface area contributed by atoms with E-state index in [0.717, 1.165) is 36.8 Å². The standard InChI is InChI=1S/C18H26O4S/c1-4-7-13-10-16(14-9-6-5-8-12(14)2)17(23(3,21)22)11-15(13)18(19)20/h10-12,14H,4-9H2,1-3H3,(H,19,20). The van der Waals surface area contributed by atoms with Gasteiger partial charge in [-0.1, -0.05) is 45.6 Å². The summed E-state index contributed by atoms with van der Waals surface area (Å²) in [4.78, 5) is 11.7. The Kier molecular flexibility index (Phi) is 5.50. The molecule has 1 N–H and O–H groups in total. The Morgan fingerprint density at radius 3 is 2.43 bits per heavy atom. The molecule has 1 aliphatic carbocycles. The normalized spacial score (nSPS) is 22.0. The second kappa shape index (κ2) is 7.04. The van der Waals surface area contributed by atoms with Crippen LogP contribution in [0.4, 0.5) is 0 Å². The van der Waals surface area contributed by atoms with Crippen molar-refractivity contribution in [2.45, 2.75) is 63.2 Å². The van der Waals surface area contributed by atoms with Crippen molar-refractivity contribution in [1.29, 1.82) is 0 Å². The number of aromatic carboxylic acids is 1. The molecule has 2 unspecified atom stereocenters. The van der Waals surface area contributed by atoms with Gasteiger partial charge in [0.25, 0.3) is 0 Å². The van der Waals surface area contributed by atoms with E-state index < -0.39 is 15.8 Å². The molecule has 1 saturated carbocycles. The number of carboxylic acids is 1. The fourth-order valence-corrected chi connectivity index (χ4v) is 4.68. The fraction of sp³-hybridized carbons (Fsp3) is 0.611. The van der Waals surface area contributed by atoms with Crippen LogP contribution in [-0.4, -0.2) is 25.7 Å². The van der Waals surface area contributed by atoms with Gasteiger partial charge in [0, 0.05) is 6.26 Å². The van der Waals surface area contributed by atoms with Crippen molar-refractivity contribution in [2.24, 2.45) is 5.92 Å². The van der Waals surface area contributed by atoms with E-state index in [1.165, 1.54) is 18.7 Å². The van der Waals surface area contributed by atoms with E-state index >= 15 is 0 Å². The maximum atomic E-state index is 12.3. The van der Waals surface area contributed by atoms with Gasteiger partial charge in [-0.3, -0.25) is 0 Å². The lowest BCUT2D eigenvalue weighted by Gasteiger charge is -2.31. The lowest BCUT2D eigenvalue weighted by molar-refractivity contribution is 0.0695. The van der Waals surface area contributed by atoms with Gasteiger partial charge in [-0.05, 0) is 41.9 Å². The van der Waals surface area contributed by atoms with Gasteiger partial charge in [0.2, 0.25) is 0 Å². The monoisotopic (exact) mass is 338 g/mol. The third kappa shape index (κ3) is 3.94. The average molecular weight is 338 g/mol. The minimum atomic E-state index is -3.46. The van der Waals surface area contributed by atoms with Crippen LogP contribution < -0.4 is 0 Å². The van der Waals surface area contributed by atoms with Gasteiger partial charge in [-0.15, -0.1) is 0 Å². The molecular formula is C18H26O4S. The van der Waals surface area contributed by atoms with Gasteiger partial charge in [0.15, 0.2) is 9.84 Å². The smallest absolute Gasteiger partial charge is 0.336 e. The van der Waals surface area contributed by atoms with Gasteiger partial charge in [0.05, 0.1) is 10.5 Å². The van der Waals surface area contributed by atoms with E-state index in [0.29, 0.717) is 12.3 Å². The molecule has 0 spiro atoms. The Labute approximate surface area is 138 Å². The molecule has 2 atom stereocenters. The van der Waals surface area contributed by atoms with Gasteiger partial charge in [-0.25, -0.2) is 13.2 Å². The number of rotatable bonds is 5. The molecule has 1 aromatic rings. The quantitative estimate of drug-likeness (QED) is 0.879. The molecule has 4 nitrogen and oxygen atoms in total. The maximum Gasteiger partial charge on any atom is 0.336 e. The van der Waals surface area contributed by atoms with E-state index in [1.54, 1.807) is 0 Å². The van der Waals surface area contributed by atoms with Gasteiger partial charge in [0.1, 0.15) is 0 Å². The lowest BCUT2D eigenvalue weighted by Crippen LogP contribution is -2.19. The lowest BCUT2D eigenvalue weighted by atomic mass is 9.76. The minimum Gasteiger partial charge on any atom is -0.478 e. The van der Waals surface area contributed by atoms with Crippen molar-refractivity contribution < 1.29 is 18.3 Å². The van der Waals surface area contributed by atoms with Crippen LogP contribution in [0.25, 0.3) is 0 Å². The van der Waals surface area contributed by atoms with Crippen LogP contribution in [0.3, 0.4) is 0 Å². The highest BCUT2D eigenvalue weighted by atomic mass is 32.2. The van der Waals surface area contributed by atoms with E-state index in [-0.39, 0.29) is 16.4 Å². The van der Waals surface area contributed by atoms with Crippen LogP contribution in [0, 0.1) is 5.92 Å². The summed E-state index contributed by atoms with van der Waals surface area (Å²) in [6.45, 7) is 4.17. The topological polar surface area (TPSA) is 71.4 Å². The molecule has 0 amide bonds. The highest BCUT2D eigenvalue weighted by Gasteiger charge is 2.29. The van der Waals surface area contributed by atoms with E-state index in [2.05, 4.69) is 6.92 Å². The summed E-state index contributed by atoms with van der Waals surface area (Å²) < 4.78 is 24.5. The second-order valence-corrected chi connectivity index (χ2v) is 8.73. The Morgan fingerprint density at radius 1 is 1.26 bits per heavy atom. The SMILES string of the molecule is CCCc1cc(C2CCCCC2C)c(S(C)(=O)=O)cc1C(=O)O. The van der Waals surface area contributed by atoms with Crippen molar-refractivity contribution in [1.82, 2.24) is 0 Å².